The van der Waals surface area contributed by atoms with Crippen LogP contribution < -0.4 is 0 Å². The molecule has 0 radical (unpaired) electrons. The summed E-state index contributed by atoms with van der Waals surface area (Å²) in [5.74, 6) is 0.679. The van der Waals surface area contributed by atoms with E-state index in [9.17, 15) is 20.4 Å². The highest BCUT2D eigenvalue weighted by molar-refractivity contribution is 5.00. The normalized spacial score (nSPS) is 33.0. The second-order valence-corrected chi connectivity index (χ2v) is 8.39. The fourth-order valence-corrected chi connectivity index (χ4v) is 3.87. The smallest absolute Gasteiger partial charge is 0.114 e. The van der Waals surface area contributed by atoms with Gasteiger partial charge in [-0.2, -0.15) is 0 Å². The van der Waals surface area contributed by atoms with Gasteiger partial charge in [-0.05, 0) is 24.7 Å². The van der Waals surface area contributed by atoms with Gasteiger partial charge in [-0.25, -0.2) is 0 Å². The second kappa shape index (κ2) is 13.9. The lowest BCUT2D eigenvalue weighted by molar-refractivity contribution is -0.249. The Morgan fingerprint density at radius 1 is 0.607 bits per heavy atom. The standard InChI is InChI=1S/C22H44O6/c1-5-9-11-15(7-3)13-27-21-17(23)19(25)22(20(26)18(21)24)28-14-16(8-4)12-10-6-2/h15-26H,5-14H2,1-4H3/t15?,16?,17-,18-,19-,20+,21+,22+/m1/s1. The third-order valence-electron chi connectivity index (χ3n) is 6.18. The predicted molar refractivity (Wildman–Crippen MR) is 110 cm³/mol. The SMILES string of the molecule is CCCCC(CC)CO[C@H]1[C@H](O)[C@@H](O)[C@H](OCC(CC)CCCC)[C@@H](O)[C@H]1O. The highest BCUT2D eigenvalue weighted by atomic mass is 16.5. The molecule has 6 heteroatoms. The van der Waals surface area contributed by atoms with E-state index in [1.807, 2.05) is 0 Å². The number of aliphatic hydroxyl groups is 4. The quantitative estimate of drug-likeness (QED) is 0.355. The fourth-order valence-electron chi connectivity index (χ4n) is 3.87. The molecule has 0 amide bonds. The Labute approximate surface area is 171 Å². The minimum atomic E-state index is -1.29. The molecule has 0 spiro atoms. The number of aliphatic hydroxyl groups excluding tert-OH is 4. The molecule has 0 aromatic rings. The van der Waals surface area contributed by atoms with Gasteiger partial charge >= 0.3 is 0 Å². The average Bonchev–Trinajstić information content (AvgIpc) is 2.70. The maximum absolute atomic E-state index is 10.5. The molecule has 1 aliphatic carbocycles. The minimum Gasteiger partial charge on any atom is -0.387 e. The summed E-state index contributed by atoms with van der Waals surface area (Å²) in [6.07, 6.45) is 1.21. The van der Waals surface area contributed by atoms with Gasteiger partial charge in [0.15, 0.2) is 0 Å². The summed E-state index contributed by atoms with van der Waals surface area (Å²) in [5, 5.41) is 42.0. The van der Waals surface area contributed by atoms with E-state index in [1.54, 1.807) is 0 Å². The van der Waals surface area contributed by atoms with Gasteiger partial charge in [-0.1, -0.05) is 66.2 Å². The van der Waals surface area contributed by atoms with Crippen molar-refractivity contribution in [2.75, 3.05) is 13.2 Å². The zero-order chi connectivity index (χ0) is 21.1. The Hall–Kier alpha value is -0.240. The molecule has 1 aliphatic rings. The van der Waals surface area contributed by atoms with E-state index < -0.39 is 36.6 Å². The van der Waals surface area contributed by atoms with Crippen LogP contribution in [0.1, 0.15) is 79.1 Å². The van der Waals surface area contributed by atoms with E-state index in [1.165, 1.54) is 0 Å². The van der Waals surface area contributed by atoms with Crippen LogP contribution in [-0.2, 0) is 9.47 Å². The largest absolute Gasteiger partial charge is 0.387 e. The zero-order valence-corrected chi connectivity index (χ0v) is 18.3. The lowest BCUT2D eigenvalue weighted by Crippen LogP contribution is -2.65. The summed E-state index contributed by atoms with van der Waals surface area (Å²) in [5.41, 5.74) is 0. The molecule has 2 unspecified atom stereocenters. The number of ether oxygens (including phenoxy) is 2. The predicted octanol–water partition coefficient (Wildman–Crippen LogP) is 2.65. The van der Waals surface area contributed by atoms with Gasteiger partial charge in [0.05, 0.1) is 13.2 Å². The maximum Gasteiger partial charge on any atom is 0.114 e. The van der Waals surface area contributed by atoms with E-state index in [2.05, 4.69) is 27.7 Å². The number of unbranched alkanes of at least 4 members (excludes halogenated alkanes) is 2. The van der Waals surface area contributed by atoms with Gasteiger partial charge in [0, 0.05) is 0 Å². The molecule has 8 atom stereocenters. The van der Waals surface area contributed by atoms with Crippen molar-refractivity contribution < 1.29 is 29.9 Å². The lowest BCUT2D eigenvalue weighted by Gasteiger charge is -2.44. The van der Waals surface area contributed by atoms with Crippen LogP contribution in [0.4, 0.5) is 0 Å². The molecule has 1 fully saturated rings. The Bertz CT molecular complexity index is 341. The number of hydrogen-bond acceptors (Lipinski definition) is 6. The van der Waals surface area contributed by atoms with Crippen molar-refractivity contribution >= 4 is 0 Å². The highest BCUT2D eigenvalue weighted by Crippen LogP contribution is 2.28. The first-order valence-corrected chi connectivity index (χ1v) is 11.4. The van der Waals surface area contributed by atoms with Crippen molar-refractivity contribution in [1.29, 1.82) is 0 Å². The van der Waals surface area contributed by atoms with E-state index in [-0.39, 0.29) is 0 Å². The van der Waals surface area contributed by atoms with Crippen LogP contribution >= 0.6 is 0 Å². The highest BCUT2D eigenvalue weighted by Gasteiger charge is 2.50. The molecular weight excluding hydrogens is 360 g/mol. The van der Waals surface area contributed by atoms with Crippen molar-refractivity contribution in [2.24, 2.45) is 11.8 Å². The van der Waals surface area contributed by atoms with E-state index in [0.717, 1.165) is 51.4 Å². The Morgan fingerprint density at radius 3 is 1.18 bits per heavy atom. The van der Waals surface area contributed by atoms with Crippen LogP contribution in [0.25, 0.3) is 0 Å². The summed E-state index contributed by atoms with van der Waals surface area (Å²) < 4.78 is 11.5. The summed E-state index contributed by atoms with van der Waals surface area (Å²) in [4.78, 5) is 0. The molecule has 168 valence electrons. The first-order valence-electron chi connectivity index (χ1n) is 11.4. The van der Waals surface area contributed by atoms with E-state index >= 15 is 0 Å². The summed E-state index contributed by atoms with van der Waals surface area (Å²) >= 11 is 0. The minimum absolute atomic E-state index is 0.339. The molecule has 0 aliphatic heterocycles. The second-order valence-electron chi connectivity index (χ2n) is 8.39. The molecule has 0 saturated heterocycles. The fraction of sp³-hybridized carbons (Fsp3) is 1.00. The summed E-state index contributed by atoms with van der Waals surface area (Å²) in [6.45, 7) is 9.26. The topological polar surface area (TPSA) is 99.4 Å². The van der Waals surface area contributed by atoms with Crippen LogP contribution in [0, 0.1) is 11.8 Å². The van der Waals surface area contributed by atoms with Gasteiger partial charge in [0.25, 0.3) is 0 Å². The first-order chi connectivity index (χ1) is 13.4. The van der Waals surface area contributed by atoms with Crippen molar-refractivity contribution in [2.45, 2.75) is 116 Å². The van der Waals surface area contributed by atoms with Gasteiger partial charge in [0.2, 0.25) is 0 Å². The van der Waals surface area contributed by atoms with Gasteiger partial charge in [0.1, 0.15) is 36.6 Å². The molecule has 4 N–H and O–H groups in total. The third kappa shape index (κ3) is 7.54. The lowest BCUT2D eigenvalue weighted by atomic mass is 9.84. The zero-order valence-electron chi connectivity index (χ0n) is 18.3. The van der Waals surface area contributed by atoms with Gasteiger partial charge in [-0.3, -0.25) is 0 Å². The molecular formula is C22H44O6. The first kappa shape index (κ1) is 25.8. The average molecular weight is 405 g/mol. The van der Waals surface area contributed by atoms with Crippen LogP contribution in [-0.4, -0.2) is 70.3 Å². The Balaban J connectivity index is 2.63. The molecule has 0 aromatic carbocycles. The molecule has 0 aromatic heterocycles. The molecule has 1 rings (SSSR count). The summed E-state index contributed by atoms with van der Waals surface area (Å²) in [6, 6.07) is 0. The Morgan fingerprint density at radius 2 is 0.929 bits per heavy atom. The number of hydrogen-bond donors (Lipinski definition) is 4. The van der Waals surface area contributed by atoms with Crippen molar-refractivity contribution in [3.05, 3.63) is 0 Å². The molecule has 1 saturated carbocycles. The molecule has 0 bridgehead atoms. The van der Waals surface area contributed by atoms with Crippen LogP contribution in [0.15, 0.2) is 0 Å². The molecule has 6 nitrogen and oxygen atoms in total. The van der Waals surface area contributed by atoms with E-state index in [4.69, 9.17) is 9.47 Å². The van der Waals surface area contributed by atoms with E-state index in [0.29, 0.717) is 25.0 Å². The summed E-state index contributed by atoms with van der Waals surface area (Å²) in [7, 11) is 0. The Kier molecular flexibility index (Phi) is 12.8. The van der Waals surface area contributed by atoms with Crippen molar-refractivity contribution in [3.8, 4) is 0 Å². The number of rotatable bonds is 14. The van der Waals surface area contributed by atoms with Crippen molar-refractivity contribution in [3.63, 3.8) is 0 Å². The van der Waals surface area contributed by atoms with Crippen molar-refractivity contribution in [1.82, 2.24) is 0 Å². The van der Waals surface area contributed by atoms with Crippen LogP contribution in [0.2, 0.25) is 0 Å². The third-order valence-corrected chi connectivity index (χ3v) is 6.18. The molecule has 0 heterocycles. The van der Waals surface area contributed by atoms with Gasteiger partial charge < -0.3 is 29.9 Å². The monoisotopic (exact) mass is 404 g/mol. The van der Waals surface area contributed by atoms with Gasteiger partial charge in [-0.15, -0.1) is 0 Å². The maximum atomic E-state index is 10.5. The van der Waals surface area contributed by atoms with Crippen LogP contribution in [0.3, 0.4) is 0 Å². The van der Waals surface area contributed by atoms with Crippen LogP contribution in [0.5, 0.6) is 0 Å². The molecule has 28 heavy (non-hydrogen) atoms.